The number of aryl methyl sites for hydroxylation is 1. The van der Waals surface area contributed by atoms with E-state index >= 15 is 0 Å². The third-order valence-electron chi connectivity index (χ3n) is 4.67. The summed E-state index contributed by atoms with van der Waals surface area (Å²) in [7, 11) is 0. The number of anilines is 1. The minimum Gasteiger partial charge on any atom is -0.477 e. The minimum absolute atomic E-state index is 0.137. The second-order valence-corrected chi connectivity index (χ2v) is 7.90. The van der Waals surface area contributed by atoms with E-state index in [4.69, 9.17) is 4.74 Å². The Kier molecular flexibility index (Phi) is 6.86. The summed E-state index contributed by atoms with van der Waals surface area (Å²) >= 11 is 1.18. The number of benzene rings is 2. The van der Waals surface area contributed by atoms with E-state index in [0.717, 1.165) is 16.5 Å². The fraction of sp³-hybridized carbons (Fsp3) is 0.182. The van der Waals surface area contributed by atoms with Gasteiger partial charge in [-0.1, -0.05) is 42.5 Å². The number of thiophene rings is 1. The highest BCUT2D eigenvalue weighted by Crippen LogP contribution is 2.42. The lowest BCUT2D eigenvalue weighted by atomic mass is 10.0. The SMILES string of the molecule is CCOC(=O)c1c(NC(O)c2cccc([N+](=O)[O-])c2C(=O)O)sc(C)c1-c1ccccc1. The fourth-order valence-corrected chi connectivity index (χ4v) is 4.46. The molecule has 0 radical (unpaired) electrons. The van der Waals surface area contributed by atoms with E-state index in [2.05, 4.69) is 5.32 Å². The first-order chi connectivity index (χ1) is 15.3. The van der Waals surface area contributed by atoms with Gasteiger partial charge in [0.2, 0.25) is 0 Å². The van der Waals surface area contributed by atoms with Crippen molar-refractivity contribution in [2.45, 2.75) is 20.1 Å². The summed E-state index contributed by atoms with van der Waals surface area (Å²) in [5.41, 5.74) is 0.117. The zero-order valence-electron chi connectivity index (χ0n) is 17.2. The molecular formula is C22H20N2O7S. The number of esters is 1. The lowest BCUT2D eigenvalue weighted by Crippen LogP contribution is -2.17. The van der Waals surface area contributed by atoms with Gasteiger partial charge in [0, 0.05) is 22.1 Å². The molecule has 0 fully saturated rings. The van der Waals surface area contributed by atoms with Crippen LogP contribution in [0.3, 0.4) is 0 Å². The van der Waals surface area contributed by atoms with Crippen molar-refractivity contribution in [2.24, 2.45) is 0 Å². The highest BCUT2D eigenvalue weighted by Gasteiger charge is 2.30. The number of aliphatic hydroxyl groups is 1. The van der Waals surface area contributed by atoms with E-state index in [0.29, 0.717) is 5.56 Å². The van der Waals surface area contributed by atoms with Crippen LogP contribution in [0.4, 0.5) is 10.7 Å². The van der Waals surface area contributed by atoms with Crippen LogP contribution < -0.4 is 5.32 Å². The number of ether oxygens (including phenoxy) is 1. The van der Waals surface area contributed by atoms with Gasteiger partial charge in [-0.25, -0.2) is 9.59 Å². The lowest BCUT2D eigenvalue weighted by Gasteiger charge is -2.17. The van der Waals surface area contributed by atoms with Crippen LogP contribution in [0.25, 0.3) is 11.1 Å². The molecule has 0 bridgehead atoms. The molecule has 3 N–H and O–H groups in total. The number of rotatable bonds is 8. The first-order valence-electron chi connectivity index (χ1n) is 9.57. The zero-order valence-corrected chi connectivity index (χ0v) is 18.0. The predicted molar refractivity (Wildman–Crippen MR) is 119 cm³/mol. The van der Waals surface area contributed by atoms with Crippen molar-refractivity contribution >= 4 is 34.0 Å². The average molecular weight is 456 g/mol. The number of hydrogen-bond donors (Lipinski definition) is 3. The van der Waals surface area contributed by atoms with Crippen molar-refractivity contribution in [2.75, 3.05) is 11.9 Å². The van der Waals surface area contributed by atoms with Gasteiger partial charge < -0.3 is 20.3 Å². The summed E-state index contributed by atoms with van der Waals surface area (Å²) in [5, 5.41) is 34.5. The first kappa shape index (κ1) is 22.9. The van der Waals surface area contributed by atoms with Gasteiger partial charge in [0.1, 0.15) is 16.1 Å². The molecule has 1 aromatic heterocycles. The van der Waals surface area contributed by atoms with Crippen LogP contribution in [0.1, 0.15) is 44.3 Å². The van der Waals surface area contributed by atoms with Gasteiger partial charge in [-0.05, 0) is 19.4 Å². The van der Waals surface area contributed by atoms with Crippen molar-refractivity contribution in [1.82, 2.24) is 0 Å². The summed E-state index contributed by atoms with van der Waals surface area (Å²) in [6.45, 7) is 3.62. The van der Waals surface area contributed by atoms with Gasteiger partial charge in [-0.15, -0.1) is 11.3 Å². The number of carboxylic acid groups (broad SMARTS) is 1. The van der Waals surface area contributed by atoms with Crippen molar-refractivity contribution in [3.8, 4) is 11.1 Å². The normalized spacial score (nSPS) is 11.6. The molecule has 0 aliphatic heterocycles. The van der Waals surface area contributed by atoms with Gasteiger partial charge in [0.15, 0.2) is 6.23 Å². The van der Waals surface area contributed by atoms with E-state index in [1.165, 1.54) is 23.5 Å². The van der Waals surface area contributed by atoms with E-state index in [1.54, 1.807) is 6.92 Å². The lowest BCUT2D eigenvalue weighted by molar-refractivity contribution is -0.385. The molecule has 0 saturated carbocycles. The van der Waals surface area contributed by atoms with Crippen LogP contribution in [-0.2, 0) is 4.74 Å². The van der Waals surface area contributed by atoms with Crippen LogP contribution in [0.15, 0.2) is 48.5 Å². The Hall–Kier alpha value is -3.76. The van der Waals surface area contributed by atoms with Crippen molar-refractivity contribution in [1.29, 1.82) is 0 Å². The molecule has 1 atom stereocenters. The van der Waals surface area contributed by atoms with E-state index in [-0.39, 0.29) is 22.7 Å². The molecule has 0 spiro atoms. The Morgan fingerprint density at radius 3 is 2.44 bits per heavy atom. The van der Waals surface area contributed by atoms with Gasteiger partial charge in [-0.3, -0.25) is 10.1 Å². The van der Waals surface area contributed by atoms with Crippen molar-refractivity contribution in [3.63, 3.8) is 0 Å². The van der Waals surface area contributed by atoms with Gasteiger partial charge in [0.05, 0.1) is 11.5 Å². The maximum absolute atomic E-state index is 12.8. The van der Waals surface area contributed by atoms with E-state index < -0.39 is 34.3 Å². The monoisotopic (exact) mass is 456 g/mol. The predicted octanol–water partition coefficient (Wildman–Crippen LogP) is 4.61. The Morgan fingerprint density at radius 1 is 1.16 bits per heavy atom. The summed E-state index contributed by atoms with van der Waals surface area (Å²) in [5.74, 6) is -2.16. The first-order valence-corrected chi connectivity index (χ1v) is 10.4. The number of carbonyl (C=O) groups excluding carboxylic acids is 1. The Balaban J connectivity index is 2.10. The standard InChI is InChI=1S/C22H20N2O7S/c1-3-31-22(28)18-16(13-8-5-4-6-9-13)12(2)32-20(18)23-19(25)14-10-7-11-15(24(29)30)17(14)21(26)27/h4-11,19,23,25H,3H2,1-2H3,(H,26,27). The van der Waals surface area contributed by atoms with Gasteiger partial charge in [0.25, 0.3) is 5.69 Å². The molecule has 0 amide bonds. The van der Waals surface area contributed by atoms with Gasteiger partial charge >= 0.3 is 11.9 Å². The smallest absolute Gasteiger partial charge is 0.343 e. The largest absolute Gasteiger partial charge is 0.477 e. The zero-order chi connectivity index (χ0) is 23.4. The molecule has 2 aromatic carbocycles. The number of nitro benzene ring substituents is 1. The van der Waals surface area contributed by atoms with Crippen molar-refractivity contribution < 1.29 is 29.5 Å². The van der Waals surface area contributed by atoms with Crippen LogP contribution in [0, 0.1) is 17.0 Å². The third-order valence-corrected chi connectivity index (χ3v) is 5.71. The number of carbonyl (C=O) groups is 2. The molecule has 1 unspecified atom stereocenters. The van der Waals surface area contributed by atoms with E-state index in [9.17, 15) is 29.9 Å². The molecule has 166 valence electrons. The number of carboxylic acids is 1. The molecule has 9 nitrogen and oxygen atoms in total. The number of nitro groups is 1. The Morgan fingerprint density at radius 2 is 1.84 bits per heavy atom. The Labute approximate surface area is 187 Å². The van der Waals surface area contributed by atoms with Crippen LogP contribution in [-0.4, -0.2) is 33.7 Å². The Bertz CT molecular complexity index is 1170. The molecule has 10 heteroatoms. The van der Waals surface area contributed by atoms with Crippen molar-refractivity contribution in [3.05, 3.63) is 80.2 Å². The quantitative estimate of drug-likeness (QED) is 0.193. The number of hydrogen-bond acceptors (Lipinski definition) is 8. The molecule has 0 saturated heterocycles. The fourth-order valence-electron chi connectivity index (χ4n) is 3.37. The summed E-state index contributed by atoms with van der Waals surface area (Å²) < 4.78 is 5.21. The number of nitrogens with zero attached hydrogens (tertiary/aromatic N) is 1. The molecule has 0 aliphatic carbocycles. The number of aliphatic hydroxyl groups excluding tert-OH is 1. The van der Waals surface area contributed by atoms with Crippen LogP contribution in [0.2, 0.25) is 0 Å². The number of aromatic carboxylic acids is 1. The second kappa shape index (κ2) is 9.58. The van der Waals surface area contributed by atoms with Crippen LogP contribution >= 0.6 is 11.3 Å². The maximum Gasteiger partial charge on any atom is 0.343 e. The highest BCUT2D eigenvalue weighted by atomic mass is 32.1. The molecule has 3 aromatic rings. The topological polar surface area (TPSA) is 139 Å². The minimum atomic E-state index is -1.63. The highest BCUT2D eigenvalue weighted by molar-refractivity contribution is 7.17. The summed E-state index contributed by atoms with van der Waals surface area (Å²) in [4.78, 5) is 35.7. The molecule has 0 aliphatic rings. The third kappa shape index (κ3) is 4.46. The van der Waals surface area contributed by atoms with Crippen LogP contribution in [0.5, 0.6) is 0 Å². The maximum atomic E-state index is 12.8. The summed E-state index contributed by atoms with van der Waals surface area (Å²) in [6.07, 6.45) is -1.63. The number of nitrogens with one attached hydrogen (secondary N) is 1. The van der Waals surface area contributed by atoms with Gasteiger partial charge in [-0.2, -0.15) is 0 Å². The average Bonchev–Trinajstić information content (AvgIpc) is 3.09. The molecule has 1 heterocycles. The second-order valence-electron chi connectivity index (χ2n) is 6.67. The van der Waals surface area contributed by atoms with E-state index in [1.807, 2.05) is 37.3 Å². The molecule has 32 heavy (non-hydrogen) atoms. The molecule has 3 rings (SSSR count). The molecular weight excluding hydrogens is 436 g/mol. The summed E-state index contributed by atoms with van der Waals surface area (Å²) in [6, 6.07) is 12.8.